The normalized spacial score (nSPS) is 17.6. The Hall–Kier alpha value is -1.22. The zero-order valence-corrected chi connectivity index (χ0v) is 9.42. The standard InChI is InChI=1S/C12H17NO2/c1-7-6-9(12(13)4-5-12)10(14)8(2)11(7)15-3/h6,14H,4-5,13H2,1-3H3. The second-order valence-electron chi connectivity index (χ2n) is 4.40. The zero-order chi connectivity index (χ0) is 11.2. The third-order valence-electron chi connectivity index (χ3n) is 3.20. The van der Waals surface area contributed by atoms with Crippen LogP contribution >= 0.6 is 0 Å². The van der Waals surface area contributed by atoms with Gasteiger partial charge in [0.15, 0.2) is 0 Å². The molecule has 1 fully saturated rings. The minimum atomic E-state index is -0.300. The molecule has 0 unspecified atom stereocenters. The molecule has 0 heterocycles. The Morgan fingerprint density at radius 2 is 2.00 bits per heavy atom. The number of nitrogens with two attached hydrogens (primary N) is 1. The van der Waals surface area contributed by atoms with Gasteiger partial charge >= 0.3 is 0 Å². The van der Waals surface area contributed by atoms with Crippen molar-refractivity contribution in [3.63, 3.8) is 0 Å². The van der Waals surface area contributed by atoms with E-state index < -0.39 is 0 Å². The van der Waals surface area contributed by atoms with E-state index in [1.54, 1.807) is 7.11 Å². The summed E-state index contributed by atoms with van der Waals surface area (Å²) < 4.78 is 5.24. The van der Waals surface area contributed by atoms with Crippen molar-refractivity contribution >= 4 is 0 Å². The van der Waals surface area contributed by atoms with Gasteiger partial charge in [0, 0.05) is 16.7 Å². The molecule has 3 nitrogen and oxygen atoms in total. The number of rotatable bonds is 2. The van der Waals surface area contributed by atoms with E-state index in [-0.39, 0.29) is 11.3 Å². The van der Waals surface area contributed by atoms with E-state index in [9.17, 15) is 5.11 Å². The maximum Gasteiger partial charge on any atom is 0.128 e. The number of benzene rings is 1. The van der Waals surface area contributed by atoms with E-state index in [1.165, 1.54) is 0 Å². The van der Waals surface area contributed by atoms with Crippen LogP contribution in [0.3, 0.4) is 0 Å². The van der Waals surface area contributed by atoms with E-state index in [0.717, 1.165) is 35.3 Å². The summed E-state index contributed by atoms with van der Waals surface area (Å²) in [5.41, 5.74) is 8.47. The average Bonchev–Trinajstić information content (AvgIpc) is 2.92. The lowest BCUT2D eigenvalue weighted by Crippen LogP contribution is -2.19. The minimum Gasteiger partial charge on any atom is -0.507 e. The Morgan fingerprint density at radius 3 is 2.47 bits per heavy atom. The first-order valence-corrected chi connectivity index (χ1v) is 5.16. The van der Waals surface area contributed by atoms with Crippen molar-refractivity contribution in [2.75, 3.05) is 7.11 Å². The molecule has 3 N–H and O–H groups in total. The monoisotopic (exact) mass is 207 g/mol. The van der Waals surface area contributed by atoms with Gasteiger partial charge in [0.2, 0.25) is 0 Å². The van der Waals surface area contributed by atoms with Gasteiger partial charge in [-0.05, 0) is 38.3 Å². The van der Waals surface area contributed by atoms with Crippen molar-refractivity contribution in [3.05, 3.63) is 22.8 Å². The summed E-state index contributed by atoms with van der Waals surface area (Å²) in [6, 6.07) is 1.94. The summed E-state index contributed by atoms with van der Waals surface area (Å²) in [6.45, 7) is 3.83. The SMILES string of the molecule is COc1c(C)cc(C2(N)CC2)c(O)c1C. The molecule has 15 heavy (non-hydrogen) atoms. The molecule has 1 saturated carbocycles. The molecule has 1 aliphatic carbocycles. The lowest BCUT2D eigenvalue weighted by Gasteiger charge is -2.17. The number of hydrogen-bond acceptors (Lipinski definition) is 3. The average molecular weight is 207 g/mol. The Balaban J connectivity index is 2.59. The third-order valence-corrected chi connectivity index (χ3v) is 3.20. The number of phenolic OH excluding ortho intramolecular Hbond substituents is 1. The van der Waals surface area contributed by atoms with Gasteiger partial charge in [-0.15, -0.1) is 0 Å². The molecule has 1 aromatic rings. The van der Waals surface area contributed by atoms with Crippen LogP contribution in [0.5, 0.6) is 11.5 Å². The highest BCUT2D eigenvalue weighted by Gasteiger charge is 2.42. The second-order valence-corrected chi connectivity index (χ2v) is 4.40. The highest BCUT2D eigenvalue weighted by molar-refractivity contribution is 5.56. The van der Waals surface area contributed by atoms with Gasteiger partial charge in [-0.1, -0.05) is 0 Å². The first kappa shape index (κ1) is 10.3. The zero-order valence-electron chi connectivity index (χ0n) is 9.42. The summed E-state index contributed by atoms with van der Waals surface area (Å²) in [6.07, 6.45) is 1.90. The summed E-state index contributed by atoms with van der Waals surface area (Å²) >= 11 is 0. The number of phenols is 1. The van der Waals surface area contributed by atoms with Crippen molar-refractivity contribution in [1.82, 2.24) is 0 Å². The Labute approximate surface area is 89.9 Å². The fraction of sp³-hybridized carbons (Fsp3) is 0.500. The maximum atomic E-state index is 10.0. The lowest BCUT2D eigenvalue weighted by atomic mass is 9.97. The van der Waals surface area contributed by atoms with Gasteiger partial charge < -0.3 is 15.6 Å². The molecule has 0 atom stereocenters. The smallest absolute Gasteiger partial charge is 0.128 e. The second kappa shape index (κ2) is 3.14. The van der Waals surface area contributed by atoms with Crippen LogP contribution in [0.15, 0.2) is 6.07 Å². The van der Waals surface area contributed by atoms with Gasteiger partial charge in [-0.25, -0.2) is 0 Å². The summed E-state index contributed by atoms with van der Waals surface area (Å²) in [7, 11) is 1.61. The van der Waals surface area contributed by atoms with Crippen molar-refractivity contribution in [2.24, 2.45) is 5.73 Å². The number of hydrogen-bond donors (Lipinski definition) is 2. The topological polar surface area (TPSA) is 55.5 Å². The molecule has 0 radical (unpaired) electrons. The molecule has 0 amide bonds. The van der Waals surface area contributed by atoms with Crippen molar-refractivity contribution in [1.29, 1.82) is 0 Å². The minimum absolute atomic E-state index is 0.289. The van der Waals surface area contributed by atoms with E-state index >= 15 is 0 Å². The molecule has 0 aromatic heterocycles. The molecule has 0 saturated heterocycles. The fourth-order valence-electron chi connectivity index (χ4n) is 2.05. The predicted molar refractivity (Wildman–Crippen MR) is 59.2 cm³/mol. The van der Waals surface area contributed by atoms with Crippen molar-refractivity contribution in [3.8, 4) is 11.5 Å². The van der Waals surface area contributed by atoms with Crippen LogP contribution < -0.4 is 10.5 Å². The largest absolute Gasteiger partial charge is 0.507 e. The van der Waals surface area contributed by atoms with Gasteiger partial charge in [0.1, 0.15) is 11.5 Å². The predicted octanol–water partition coefficient (Wildman–Crippen LogP) is 1.97. The van der Waals surface area contributed by atoms with Crippen molar-refractivity contribution in [2.45, 2.75) is 32.2 Å². The van der Waals surface area contributed by atoms with E-state index in [1.807, 2.05) is 19.9 Å². The number of methoxy groups -OCH3 is 1. The van der Waals surface area contributed by atoms with Gasteiger partial charge in [-0.3, -0.25) is 0 Å². The number of aryl methyl sites for hydroxylation is 1. The van der Waals surface area contributed by atoms with E-state index in [4.69, 9.17) is 10.5 Å². The molecular formula is C12H17NO2. The Morgan fingerprint density at radius 1 is 1.40 bits per heavy atom. The molecular weight excluding hydrogens is 190 g/mol. The molecule has 1 aromatic carbocycles. The highest BCUT2D eigenvalue weighted by Crippen LogP contribution is 2.49. The molecule has 0 aliphatic heterocycles. The molecule has 0 bridgehead atoms. The van der Waals surface area contributed by atoms with Crippen LogP contribution in [-0.2, 0) is 5.54 Å². The Kier molecular flexibility index (Phi) is 2.15. The number of aromatic hydroxyl groups is 1. The van der Waals surface area contributed by atoms with E-state index in [2.05, 4.69) is 0 Å². The lowest BCUT2D eigenvalue weighted by molar-refractivity contribution is 0.396. The van der Waals surface area contributed by atoms with Gasteiger partial charge in [0.05, 0.1) is 7.11 Å². The summed E-state index contributed by atoms with van der Waals surface area (Å²) in [5.74, 6) is 1.04. The number of ether oxygens (including phenoxy) is 1. The van der Waals surface area contributed by atoms with E-state index in [0.29, 0.717) is 0 Å². The molecule has 0 spiro atoms. The molecule has 2 rings (SSSR count). The fourth-order valence-corrected chi connectivity index (χ4v) is 2.05. The Bertz CT molecular complexity index is 409. The summed E-state index contributed by atoms with van der Waals surface area (Å²) in [4.78, 5) is 0. The van der Waals surface area contributed by atoms with Crippen LogP contribution in [0, 0.1) is 13.8 Å². The molecule has 3 heteroatoms. The quantitative estimate of drug-likeness (QED) is 0.779. The van der Waals surface area contributed by atoms with Crippen LogP contribution in [0.1, 0.15) is 29.5 Å². The maximum absolute atomic E-state index is 10.0. The molecule has 1 aliphatic rings. The summed E-state index contributed by atoms with van der Waals surface area (Å²) in [5, 5.41) is 10.0. The van der Waals surface area contributed by atoms with Crippen LogP contribution in [0.2, 0.25) is 0 Å². The third kappa shape index (κ3) is 1.47. The van der Waals surface area contributed by atoms with Crippen LogP contribution in [0.25, 0.3) is 0 Å². The first-order chi connectivity index (χ1) is 6.99. The highest BCUT2D eigenvalue weighted by atomic mass is 16.5. The van der Waals surface area contributed by atoms with Gasteiger partial charge in [0.25, 0.3) is 0 Å². The van der Waals surface area contributed by atoms with Crippen LogP contribution in [-0.4, -0.2) is 12.2 Å². The van der Waals surface area contributed by atoms with Crippen LogP contribution in [0.4, 0.5) is 0 Å². The van der Waals surface area contributed by atoms with Crippen molar-refractivity contribution < 1.29 is 9.84 Å². The first-order valence-electron chi connectivity index (χ1n) is 5.16. The van der Waals surface area contributed by atoms with Gasteiger partial charge in [-0.2, -0.15) is 0 Å². The molecule has 82 valence electrons.